The Morgan fingerprint density at radius 3 is 2.16 bits per heavy atom. The molecule has 1 aromatic rings. The first-order valence-corrected chi connectivity index (χ1v) is 6.37. The maximum absolute atomic E-state index is 12.7. The predicted molar refractivity (Wildman–Crippen MR) is 71.0 cm³/mol. The van der Waals surface area contributed by atoms with E-state index < -0.39 is 12.7 Å². The number of hydrogen-bond acceptors (Lipinski definition) is 2. The standard InChI is InChI=1S/C14H21F3N2/c1-11(2)19(10-14(15,16)17)13(9-18-3)12-7-5-4-6-8-12/h4-8,11,13,18H,9-10H2,1-3H3. The topological polar surface area (TPSA) is 15.3 Å². The van der Waals surface area contributed by atoms with Crippen LogP contribution in [0.2, 0.25) is 0 Å². The van der Waals surface area contributed by atoms with Crippen LogP contribution in [0.25, 0.3) is 0 Å². The van der Waals surface area contributed by atoms with Crippen molar-refractivity contribution in [2.24, 2.45) is 0 Å². The van der Waals surface area contributed by atoms with Crippen LogP contribution in [-0.2, 0) is 0 Å². The summed E-state index contributed by atoms with van der Waals surface area (Å²) in [7, 11) is 1.75. The summed E-state index contributed by atoms with van der Waals surface area (Å²) < 4.78 is 38.2. The van der Waals surface area contributed by atoms with E-state index in [2.05, 4.69) is 5.32 Å². The van der Waals surface area contributed by atoms with Crippen molar-refractivity contribution in [3.63, 3.8) is 0 Å². The van der Waals surface area contributed by atoms with E-state index in [0.717, 1.165) is 5.56 Å². The van der Waals surface area contributed by atoms with Gasteiger partial charge < -0.3 is 5.32 Å². The summed E-state index contributed by atoms with van der Waals surface area (Å²) >= 11 is 0. The van der Waals surface area contributed by atoms with Crippen molar-refractivity contribution >= 4 is 0 Å². The van der Waals surface area contributed by atoms with Gasteiger partial charge >= 0.3 is 6.18 Å². The van der Waals surface area contributed by atoms with Gasteiger partial charge in [0.2, 0.25) is 0 Å². The molecule has 1 atom stereocenters. The fourth-order valence-electron chi connectivity index (χ4n) is 2.15. The monoisotopic (exact) mass is 274 g/mol. The second kappa shape index (κ2) is 6.91. The van der Waals surface area contributed by atoms with Crippen LogP contribution in [0, 0.1) is 0 Å². The van der Waals surface area contributed by atoms with E-state index in [0.29, 0.717) is 6.54 Å². The van der Waals surface area contributed by atoms with Crippen LogP contribution in [0.3, 0.4) is 0 Å². The normalized spacial score (nSPS) is 14.1. The number of nitrogens with one attached hydrogen (secondary N) is 1. The Kier molecular flexibility index (Phi) is 5.82. The average molecular weight is 274 g/mol. The van der Waals surface area contributed by atoms with Crippen molar-refractivity contribution in [3.8, 4) is 0 Å². The highest BCUT2D eigenvalue weighted by molar-refractivity contribution is 5.19. The molecule has 1 aromatic carbocycles. The van der Waals surface area contributed by atoms with E-state index in [-0.39, 0.29) is 12.1 Å². The van der Waals surface area contributed by atoms with Gasteiger partial charge in [0.25, 0.3) is 0 Å². The zero-order valence-electron chi connectivity index (χ0n) is 11.5. The first kappa shape index (κ1) is 16.0. The van der Waals surface area contributed by atoms with Crippen LogP contribution in [0.4, 0.5) is 13.2 Å². The van der Waals surface area contributed by atoms with E-state index in [9.17, 15) is 13.2 Å². The lowest BCUT2D eigenvalue weighted by atomic mass is 10.0. The van der Waals surface area contributed by atoms with Crippen LogP contribution in [0.15, 0.2) is 30.3 Å². The van der Waals surface area contributed by atoms with Crippen LogP contribution < -0.4 is 5.32 Å². The minimum atomic E-state index is -4.19. The van der Waals surface area contributed by atoms with Crippen molar-refractivity contribution in [1.82, 2.24) is 10.2 Å². The van der Waals surface area contributed by atoms with Crippen molar-refractivity contribution in [1.29, 1.82) is 0 Å². The average Bonchev–Trinajstić information content (AvgIpc) is 2.33. The molecule has 1 rings (SSSR count). The van der Waals surface area contributed by atoms with Crippen molar-refractivity contribution in [2.75, 3.05) is 20.1 Å². The number of halogens is 3. The van der Waals surface area contributed by atoms with Crippen LogP contribution >= 0.6 is 0 Å². The second-order valence-electron chi connectivity index (χ2n) is 4.87. The quantitative estimate of drug-likeness (QED) is 0.857. The van der Waals surface area contributed by atoms with E-state index in [1.807, 2.05) is 30.3 Å². The molecule has 0 aliphatic carbocycles. The Morgan fingerprint density at radius 2 is 1.74 bits per heavy atom. The molecule has 0 fully saturated rings. The molecule has 108 valence electrons. The van der Waals surface area contributed by atoms with E-state index in [1.54, 1.807) is 20.9 Å². The van der Waals surface area contributed by atoms with E-state index in [4.69, 9.17) is 0 Å². The zero-order valence-corrected chi connectivity index (χ0v) is 11.5. The van der Waals surface area contributed by atoms with Gasteiger partial charge in [-0.05, 0) is 26.5 Å². The lowest BCUT2D eigenvalue weighted by Gasteiger charge is -2.35. The Bertz CT molecular complexity index is 363. The number of likely N-dealkylation sites (N-methyl/N-ethyl adjacent to an activating group) is 1. The predicted octanol–water partition coefficient (Wildman–Crippen LogP) is 3.22. The van der Waals surface area contributed by atoms with Gasteiger partial charge in [0.15, 0.2) is 0 Å². The molecule has 0 bridgehead atoms. The highest BCUT2D eigenvalue weighted by Crippen LogP contribution is 2.27. The van der Waals surface area contributed by atoms with Gasteiger partial charge in [-0.2, -0.15) is 13.2 Å². The molecule has 5 heteroatoms. The second-order valence-corrected chi connectivity index (χ2v) is 4.87. The number of alkyl halides is 3. The third-order valence-corrected chi connectivity index (χ3v) is 3.01. The lowest BCUT2D eigenvalue weighted by molar-refractivity contribution is -0.155. The minimum Gasteiger partial charge on any atom is -0.318 e. The summed E-state index contributed by atoms with van der Waals surface area (Å²) in [5.41, 5.74) is 0.898. The molecular formula is C14H21F3N2. The minimum absolute atomic E-state index is 0.180. The molecule has 19 heavy (non-hydrogen) atoms. The first-order chi connectivity index (χ1) is 8.85. The third-order valence-electron chi connectivity index (χ3n) is 3.01. The summed E-state index contributed by atoms with van der Waals surface area (Å²) in [4.78, 5) is 1.48. The summed E-state index contributed by atoms with van der Waals surface area (Å²) in [6, 6.07) is 8.84. The molecule has 0 aliphatic rings. The maximum atomic E-state index is 12.7. The molecule has 0 amide bonds. The van der Waals surface area contributed by atoms with Crippen molar-refractivity contribution < 1.29 is 13.2 Å². The first-order valence-electron chi connectivity index (χ1n) is 6.37. The zero-order chi connectivity index (χ0) is 14.5. The highest BCUT2D eigenvalue weighted by atomic mass is 19.4. The number of nitrogens with zero attached hydrogens (tertiary/aromatic N) is 1. The maximum Gasteiger partial charge on any atom is 0.401 e. The molecule has 2 nitrogen and oxygen atoms in total. The Labute approximate surface area is 112 Å². The number of hydrogen-bond donors (Lipinski definition) is 1. The molecular weight excluding hydrogens is 253 g/mol. The van der Waals surface area contributed by atoms with Crippen LogP contribution in [0.5, 0.6) is 0 Å². The van der Waals surface area contributed by atoms with E-state index in [1.165, 1.54) is 4.90 Å². The Hall–Kier alpha value is -1.07. The SMILES string of the molecule is CNCC(c1ccccc1)N(CC(F)(F)F)C(C)C. The molecule has 1 N–H and O–H groups in total. The molecule has 1 unspecified atom stereocenters. The molecule has 0 aromatic heterocycles. The number of rotatable bonds is 6. The highest BCUT2D eigenvalue weighted by Gasteiger charge is 2.35. The molecule has 0 saturated carbocycles. The smallest absolute Gasteiger partial charge is 0.318 e. The summed E-state index contributed by atoms with van der Waals surface area (Å²) in [5.74, 6) is 0. The van der Waals surface area contributed by atoms with Gasteiger partial charge in [0.1, 0.15) is 0 Å². The van der Waals surface area contributed by atoms with Crippen molar-refractivity contribution in [2.45, 2.75) is 32.1 Å². The summed E-state index contributed by atoms with van der Waals surface area (Å²) in [6.07, 6.45) is -4.19. The van der Waals surface area contributed by atoms with Gasteiger partial charge in [-0.15, -0.1) is 0 Å². The van der Waals surface area contributed by atoms with Gasteiger partial charge in [-0.3, -0.25) is 4.90 Å². The van der Waals surface area contributed by atoms with E-state index >= 15 is 0 Å². The van der Waals surface area contributed by atoms with Crippen molar-refractivity contribution in [3.05, 3.63) is 35.9 Å². The fraction of sp³-hybridized carbons (Fsp3) is 0.571. The number of benzene rings is 1. The summed E-state index contributed by atoms with van der Waals surface area (Å²) in [6.45, 7) is 3.17. The van der Waals surface area contributed by atoms with Gasteiger partial charge in [-0.1, -0.05) is 30.3 Å². The molecule has 0 spiro atoms. The van der Waals surface area contributed by atoms with Gasteiger partial charge in [0.05, 0.1) is 6.54 Å². The molecule has 0 radical (unpaired) electrons. The van der Waals surface area contributed by atoms with Crippen LogP contribution in [-0.4, -0.2) is 37.3 Å². The summed E-state index contributed by atoms with van der Waals surface area (Å²) in [5, 5.41) is 2.98. The Balaban J connectivity index is 2.99. The molecule has 0 aliphatic heterocycles. The fourth-order valence-corrected chi connectivity index (χ4v) is 2.15. The van der Waals surface area contributed by atoms with Gasteiger partial charge in [0, 0.05) is 18.6 Å². The third kappa shape index (κ3) is 5.20. The lowest BCUT2D eigenvalue weighted by Crippen LogP contribution is -2.44. The van der Waals surface area contributed by atoms with Gasteiger partial charge in [-0.25, -0.2) is 0 Å². The van der Waals surface area contributed by atoms with Crippen LogP contribution in [0.1, 0.15) is 25.5 Å². The molecule has 0 saturated heterocycles. The largest absolute Gasteiger partial charge is 0.401 e. The molecule has 0 heterocycles. The Morgan fingerprint density at radius 1 is 1.16 bits per heavy atom.